The number of hydrogen-bond acceptors (Lipinski definition) is 4. The maximum Gasteiger partial charge on any atom is 0.0599 e. The fourth-order valence-corrected chi connectivity index (χ4v) is 2.82. The molecule has 106 valence electrons. The van der Waals surface area contributed by atoms with E-state index in [0.29, 0.717) is 0 Å². The Labute approximate surface area is 116 Å². The lowest BCUT2D eigenvalue weighted by Crippen LogP contribution is -2.51. The van der Waals surface area contributed by atoms with Crippen molar-refractivity contribution in [2.75, 3.05) is 26.7 Å². The van der Waals surface area contributed by atoms with Crippen LogP contribution in [0.5, 0.6) is 0 Å². The van der Waals surface area contributed by atoms with E-state index in [4.69, 9.17) is 0 Å². The van der Waals surface area contributed by atoms with E-state index in [9.17, 15) is 5.11 Å². The summed E-state index contributed by atoms with van der Waals surface area (Å²) >= 11 is 0. The number of likely N-dealkylation sites (N-methyl/N-ethyl adjacent to an activating group) is 1. The van der Waals surface area contributed by atoms with Gasteiger partial charge in [0.1, 0.15) is 0 Å². The summed E-state index contributed by atoms with van der Waals surface area (Å²) in [6, 6.07) is 6.19. The number of rotatable bonds is 3. The van der Waals surface area contributed by atoms with Gasteiger partial charge in [-0.25, -0.2) is 0 Å². The van der Waals surface area contributed by atoms with E-state index >= 15 is 0 Å². The highest BCUT2D eigenvalue weighted by atomic mass is 16.3. The Kier molecular flexibility index (Phi) is 4.55. The molecule has 1 aliphatic heterocycles. The Morgan fingerprint density at radius 1 is 1.42 bits per heavy atom. The van der Waals surface area contributed by atoms with Gasteiger partial charge in [-0.2, -0.15) is 0 Å². The molecule has 4 heteroatoms. The molecule has 1 aromatic rings. The summed E-state index contributed by atoms with van der Waals surface area (Å²) in [6.45, 7) is 7.50. The van der Waals surface area contributed by atoms with Gasteiger partial charge in [0.25, 0.3) is 0 Å². The first-order valence-corrected chi connectivity index (χ1v) is 6.99. The average molecular weight is 263 g/mol. The van der Waals surface area contributed by atoms with E-state index < -0.39 is 0 Å². The van der Waals surface area contributed by atoms with Crippen LogP contribution in [0.1, 0.15) is 26.0 Å². The van der Waals surface area contributed by atoms with E-state index in [0.717, 1.165) is 31.7 Å². The van der Waals surface area contributed by atoms with Crippen molar-refractivity contribution >= 4 is 0 Å². The molecule has 19 heavy (non-hydrogen) atoms. The third kappa shape index (κ3) is 3.53. The number of pyridine rings is 1. The van der Waals surface area contributed by atoms with Crippen LogP contribution in [0.2, 0.25) is 0 Å². The minimum absolute atomic E-state index is 0.0790. The van der Waals surface area contributed by atoms with E-state index in [1.807, 2.05) is 18.3 Å². The second-order valence-electron chi connectivity index (χ2n) is 6.11. The summed E-state index contributed by atoms with van der Waals surface area (Å²) in [5.41, 5.74) is 1.15. The molecule has 0 aromatic carbocycles. The molecule has 1 unspecified atom stereocenters. The highest BCUT2D eigenvalue weighted by molar-refractivity contribution is 5.05. The molecule has 1 atom stereocenters. The monoisotopic (exact) mass is 263 g/mol. The zero-order valence-corrected chi connectivity index (χ0v) is 12.2. The van der Waals surface area contributed by atoms with Gasteiger partial charge in [-0.05, 0) is 46.0 Å². The molecule has 0 aliphatic carbocycles. The molecular formula is C15H25N3O. The second kappa shape index (κ2) is 5.99. The molecule has 0 amide bonds. The van der Waals surface area contributed by atoms with Gasteiger partial charge in [0, 0.05) is 30.9 Å². The van der Waals surface area contributed by atoms with E-state index in [1.165, 1.54) is 0 Å². The molecule has 2 heterocycles. The van der Waals surface area contributed by atoms with Crippen LogP contribution in [0.3, 0.4) is 0 Å². The molecule has 0 bridgehead atoms. The standard InChI is InChI=1S/C15H25N3O/c1-15(2)7-9-17(3)11-14(12-19)18(15)10-13-6-4-5-8-16-13/h4-6,8,14,19H,7,9-12H2,1-3H3. The Balaban J connectivity index is 2.21. The minimum Gasteiger partial charge on any atom is -0.395 e. The predicted octanol–water partition coefficient (Wildman–Crippen LogP) is 1.36. The first-order chi connectivity index (χ1) is 9.03. The van der Waals surface area contributed by atoms with Crippen molar-refractivity contribution in [3.63, 3.8) is 0 Å². The third-order valence-corrected chi connectivity index (χ3v) is 4.12. The zero-order chi connectivity index (χ0) is 13.9. The van der Waals surface area contributed by atoms with E-state index in [2.05, 4.69) is 41.7 Å². The molecule has 0 saturated carbocycles. The van der Waals surface area contributed by atoms with Gasteiger partial charge in [-0.15, -0.1) is 0 Å². The minimum atomic E-state index is 0.0790. The first-order valence-electron chi connectivity index (χ1n) is 6.99. The Hall–Kier alpha value is -0.970. The number of aliphatic hydroxyl groups excluding tert-OH is 1. The number of aromatic nitrogens is 1. The molecule has 1 aliphatic rings. The normalized spacial score (nSPS) is 25.2. The molecule has 1 saturated heterocycles. The Morgan fingerprint density at radius 2 is 2.21 bits per heavy atom. The van der Waals surface area contributed by atoms with Gasteiger partial charge in [-0.1, -0.05) is 6.07 Å². The molecule has 0 radical (unpaired) electrons. The highest BCUT2D eigenvalue weighted by Gasteiger charge is 2.35. The molecule has 1 fully saturated rings. The molecule has 4 nitrogen and oxygen atoms in total. The van der Waals surface area contributed by atoms with Crippen molar-refractivity contribution in [3.05, 3.63) is 30.1 Å². The highest BCUT2D eigenvalue weighted by Crippen LogP contribution is 2.27. The van der Waals surface area contributed by atoms with Gasteiger partial charge >= 0.3 is 0 Å². The Morgan fingerprint density at radius 3 is 2.84 bits per heavy atom. The van der Waals surface area contributed by atoms with Crippen LogP contribution in [0.4, 0.5) is 0 Å². The van der Waals surface area contributed by atoms with Crippen LogP contribution in [-0.2, 0) is 6.54 Å². The summed E-state index contributed by atoms with van der Waals surface area (Å²) < 4.78 is 0. The largest absolute Gasteiger partial charge is 0.395 e. The molecular weight excluding hydrogens is 238 g/mol. The van der Waals surface area contributed by atoms with Crippen molar-refractivity contribution in [3.8, 4) is 0 Å². The lowest BCUT2D eigenvalue weighted by molar-refractivity contribution is 0.0333. The second-order valence-corrected chi connectivity index (χ2v) is 6.11. The van der Waals surface area contributed by atoms with Crippen LogP contribution in [0.15, 0.2) is 24.4 Å². The number of nitrogens with zero attached hydrogens (tertiary/aromatic N) is 3. The summed E-state index contributed by atoms with van der Waals surface area (Å²) in [5, 5.41) is 9.73. The zero-order valence-electron chi connectivity index (χ0n) is 12.2. The van der Waals surface area contributed by atoms with Crippen LogP contribution in [0.25, 0.3) is 0 Å². The quantitative estimate of drug-likeness (QED) is 0.894. The maximum absolute atomic E-state index is 9.73. The van der Waals surface area contributed by atoms with Crippen molar-refractivity contribution in [1.29, 1.82) is 0 Å². The van der Waals surface area contributed by atoms with E-state index in [1.54, 1.807) is 0 Å². The maximum atomic E-state index is 9.73. The van der Waals surface area contributed by atoms with E-state index in [-0.39, 0.29) is 18.2 Å². The Bertz CT molecular complexity index is 394. The van der Waals surface area contributed by atoms with Gasteiger partial charge < -0.3 is 10.0 Å². The van der Waals surface area contributed by atoms with Gasteiger partial charge in [0.15, 0.2) is 0 Å². The molecule has 0 spiro atoms. The lowest BCUT2D eigenvalue weighted by Gasteiger charge is -2.41. The van der Waals surface area contributed by atoms with Crippen molar-refractivity contribution < 1.29 is 5.11 Å². The van der Waals surface area contributed by atoms with Crippen molar-refractivity contribution in [2.24, 2.45) is 0 Å². The van der Waals surface area contributed by atoms with Crippen molar-refractivity contribution in [1.82, 2.24) is 14.8 Å². The predicted molar refractivity (Wildman–Crippen MR) is 76.8 cm³/mol. The lowest BCUT2D eigenvalue weighted by atomic mass is 9.96. The summed E-state index contributed by atoms with van der Waals surface area (Å²) in [6.07, 6.45) is 2.94. The van der Waals surface area contributed by atoms with Crippen molar-refractivity contribution in [2.45, 2.75) is 38.4 Å². The number of aliphatic hydroxyl groups is 1. The summed E-state index contributed by atoms with van der Waals surface area (Å²) in [5.74, 6) is 0. The third-order valence-electron chi connectivity index (χ3n) is 4.12. The number of hydrogen-bond donors (Lipinski definition) is 1. The summed E-state index contributed by atoms with van der Waals surface area (Å²) in [7, 11) is 2.13. The fourth-order valence-electron chi connectivity index (χ4n) is 2.82. The summed E-state index contributed by atoms with van der Waals surface area (Å²) in [4.78, 5) is 9.13. The fraction of sp³-hybridized carbons (Fsp3) is 0.667. The smallest absolute Gasteiger partial charge is 0.0599 e. The SMILES string of the molecule is CN1CCC(C)(C)N(Cc2ccccn2)C(CO)C1. The molecule has 1 N–H and O–H groups in total. The first kappa shape index (κ1) is 14.4. The molecule has 1 aromatic heterocycles. The molecule has 2 rings (SSSR count). The van der Waals surface area contributed by atoms with Crippen LogP contribution >= 0.6 is 0 Å². The van der Waals surface area contributed by atoms with Gasteiger partial charge in [0.05, 0.1) is 12.3 Å². The van der Waals surface area contributed by atoms with Crippen LogP contribution in [-0.4, -0.2) is 58.2 Å². The van der Waals surface area contributed by atoms with Gasteiger partial charge in [0.2, 0.25) is 0 Å². The average Bonchev–Trinajstić information content (AvgIpc) is 2.51. The van der Waals surface area contributed by atoms with Gasteiger partial charge in [-0.3, -0.25) is 9.88 Å². The topological polar surface area (TPSA) is 39.6 Å². The van der Waals surface area contributed by atoms with Crippen LogP contribution in [0, 0.1) is 0 Å². The van der Waals surface area contributed by atoms with Crippen LogP contribution < -0.4 is 0 Å².